The van der Waals surface area contributed by atoms with E-state index in [-0.39, 0.29) is 11.3 Å². The monoisotopic (exact) mass is 332 g/mol. The predicted molar refractivity (Wildman–Crippen MR) is 91.8 cm³/mol. The molecule has 4 heteroatoms. The summed E-state index contributed by atoms with van der Waals surface area (Å²) in [6, 6.07) is 6.02. The van der Waals surface area contributed by atoms with E-state index in [1.807, 2.05) is 12.1 Å². The molecular weight excluding hydrogens is 304 g/mol. The van der Waals surface area contributed by atoms with E-state index in [0.717, 1.165) is 24.0 Å². The molecule has 0 heterocycles. The van der Waals surface area contributed by atoms with Gasteiger partial charge in [0, 0.05) is 0 Å². The van der Waals surface area contributed by atoms with Gasteiger partial charge in [-0.25, -0.2) is 0 Å². The number of hydrogen-bond donors (Lipinski definition) is 3. The van der Waals surface area contributed by atoms with Crippen LogP contribution >= 0.6 is 0 Å². The van der Waals surface area contributed by atoms with Gasteiger partial charge in [-0.3, -0.25) is 4.79 Å². The first-order chi connectivity index (χ1) is 11.0. The second-order valence-corrected chi connectivity index (χ2v) is 8.72. The number of aliphatic hydroxyl groups is 2. The van der Waals surface area contributed by atoms with Crippen molar-refractivity contribution in [2.45, 2.75) is 70.5 Å². The molecule has 1 saturated carbocycles. The molecule has 24 heavy (non-hydrogen) atoms. The van der Waals surface area contributed by atoms with Gasteiger partial charge in [-0.2, -0.15) is 0 Å². The number of aliphatic hydroxyl groups excluding tert-OH is 1. The molecule has 0 aromatic heterocycles. The second-order valence-electron chi connectivity index (χ2n) is 8.72. The highest BCUT2D eigenvalue weighted by Crippen LogP contribution is 2.57. The van der Waals surface area contributed by atoms with Crippen LogP contribution in [0.2, 0.25) is 0 Å². The lowest BCUT2D eigenvalue weighted by Crippen LogP contribution is -2.56. The Labute approximate surface area is 143 Å². The molecule has 1 aromatic carbocycles. The van der Waals surface area contributed by atoms with Crippen LogP contribution in [0, 0.1) is 11.3 Å². The lowest BCUT2D eigenvalue weighted by atomic mass is 9.49. The quantitative estimate of drug-likeness (QED) is 0.778. The van der Waals surface area contributed by atoms with Crippen molar-refractivity contribution in [2.24, 2.45) is 11.3 Å². The maximum absolute atomic E-state index is 12.0. The molecule has 0 amide bonds. The Morgan fingerprint density at radius 3 is 2.50 bits per heavy atom. The third-order valence-corrected chi connectivity index (χ3v) is 6.48. The fourth-order valence-corrected chi connectivity index (χ4v) is 5.25. The zero-order chi connectivity index (χ0) is 17.9. The maximum Gasteiger partial charge on any atom is 0.309 e. The Morgan fingerprint density at radius 1 is 1.25 bits per heavy atom. The van der Waals surface area contributed by atoms with Crippen LogP contribution < -0.4 is 0 Å². The summed E-state index contributed by atoms with van der Waals surface area (Å²) in [5, 5.41) is 30.5. The van der Waals surface area contributed by atoms with E-state index >= 15 is 0 Å². The second kappa shape index (κ2) is 5.30. The van der Waals surface area contributed by atoms with Crippen molar-refractivity contribution in [3.05, 3.63) is 34.9 Å². The van der Waals surface area contributed by atoms with Gasteiger partial charge in [0.15, 0.2) is 0 Å². The van der Waals surface area contributed by atoms with Gasteiger partial charge in [0.05, 0.1) is 17.1 Å². The van der Waals surface area contributed by atoms with E-state index in [2.05, 4.69) is 13.0 Å². The third-order valence-electron chi connectivity index (χ3n) is 6.48. The molecule has 2 aliphatic carbocycles. The number of carboxylic acids is 1. The molecule has 4 atom stereocenters. The average Bonchev–Trinajstić information content (AvgIpc) is 2.44. The van der Waals surface area contributed by atoms with Crippen LogP contribution in [0.1, 0.15) is 63.6 Å². The Hall–Kier alpha value is -1.39. The maximum atomic E-state index is 12.0. The van der Waals surface area contributed by atoms with Crippen LogP contribution in [0.5, 0.6) is 0 Å². The normalized spacial score (nSPS) is 35.9. The van der Waals surface area contributed by atoms with E-state index in [1.54, 1.807) is 20.8 Å². The molecule has 1 fully saturated rings. The van der Waals surface area contributed by atoms with E-state index in [4.69, 9.17) is 0 Å². The average molecular weight is 332 g/mol. The van der Waals surface area contributed by atoms with Crippen molar-refractivity contribution in [1.82, 2.24) is 0 Å². The standard InChI is InChI=1S/C20H28O4/c1-18(2,24)13-6-7-15-12(9-13)5-8-16-19(15,3)10-14(21)11-20(16,4)17(22)23/h6-7,9,14,16,21,24H,5,8,10-11H2,1-4H3,(H,22,23)/t14-,16+,19+,20+/m0/s1. The Morgan fingerprint density at radius 2 is 1.92 bits per heavy atom. The molecule has 3 rings (SSSR count). The summed E-state index contributed by atoms with van der Waals surface area (Å²) >= 11 is 0. The van der Waals surface area contributed by atoms with Crippen LogP contribution in [0.25, 0.3) is 0 Å². The van der Waals surface area contributed by atoms with Gasteiger partial charge in [-0.05, 0) is 74.5 Å². The smallest absolute Gasteiger partial charge is 0.309 e. The van der Waals surface area contributed by atoms with Gasteiger partial charge in [0.25, 0.3) is 0 Å². The largest absolute Gasteiger partial charge is 0.481 e. The lowest BCUT2D eigenvalue weighted by molar-refractivity contribution is -0.162. The van der Waals surface area contributed by atoms with Gasteiger partial charge in [0.2, 0.25) is 0 Å². The summed E-state index contributed by atoms with van der Waals surface area (Å²) in [7, 11) is 0. The number of aryl methyl sites for hydroxylation is 1. The molecular formula is C20H28O4. The third kappa shape index (κ3) is 2.47. The van der Waals surface area contributed by atoms with Crippen LogP contribution in [-0.4, -0.2) is 27.4 Å². The van der Waals surface area contributed by atoms with E-state index in [1.165, 1.54) is 5.56 Å². The Balaban J connectivity index is 2.11. The van der Waals surface area contributed by atoms with Crippen molar-refractivity contribution in [3.8, 4) is 0 Å². The highest BCUT2D eigenvalue weighted by Gasteiger charge is 2.57. The number of benzene rings is 1. The summed E-state index contributed by atoms with van der Waals surface area (Å²) in [6.07, 6.45) is 1.93. The minimum atomic E-state index is -0.904. The molecule has 1 aromatic rings. The summed E-state index contributed by atoms with van der Waals surface area (Å²) in [6.45, 7) is 7.43. The first-order valence-electron chi connectivity index (χ1n) is 8.76. The predicted octanol–water partition coefficient (Wildman–Crippen LogP) is 2.98. The Kier molecular flexibility index (Phi) is 3.85. The molecule has 2 aliphatic rings. The van der Waals surface area contributed by atoms with Crippen LogP contribution in [0.3, 0.4) is 0 Å². The Bertz CT molecular complexity index is 675. The van der Waals surface area contributed by atoms with E-state index in [9.17, 15) is 20.1 Å². The van der Waals surface area contributed by atoms with Crippen LogP contribution in [0.4, 0.5) is 0 Å². The molecule has 3 N–H and O–H groups in total. The molecule has 0 aliphatic heterocycles. The number of rotatable bonds is 2. The minimum absolute atomic E-state index is 0.00591. The van der Waals surface area contributed by atoms with Gasteiger partial charge in [-0.15, -0.1) is 0 Å². The number of carbonyl (C=O) groups is 1. The minimum Gasteiger partial charge on any atom is -0.481 e. The highest BCUT2D eigenvalue weighted by atomic mass is 16.4. The fraction of sp³-hybridized carbons (Fsp3) is 0.650. The summed E-state index contributed by atoms with van der Waals surface area (Å²) in [4.78, 5) is 12.0. The summed E-state index contributed by atoms with van der Waals surface area (Å²) in [5.41, 5.74) is 1.04. The topological polar surface area (TPSA) is 77.8 Å². The van der Waals surface area contributed by atoms with Gasteiger partial charge < -0.3 is 15.3 Å². The van der Waals surface area contributed by atoms with Gasteiger partial charge in [-0.1, -0.05) is 25.1 Å². The highest BCUT2D eigenvalue weighted by molar-refractivity contribution is 5.75. The molecule has 4 nitrogen and oxygen atoms in total. The summed E-state index contributed by atoms with van der Waals surface area (Å²) < 4.78 is 0. The molecule has 132 valence electrons. The molecule has 0 unspecified atom stereocenters. The van der Waals surface area contributed by atoms with Crippen molar-refractivity contribution in [3.63, 3.8) is 0 Å². The zero-order valence-electron chi connectivity index (χ0n) is 15.0. The van der Waals surface area contributed by atoms with E-state index in [0.29, 0.717) is 12.8 Å². The van der Waals surface area contributed by atoms with Crippen molar-refractivity contribution in [1.29, 1.82) is 0 Å². The first-order valence-corrected chi connectivity index (χ1v) is 8.76. The number of carboxylic acid groups (broad SMARTS) is 1. The first kappa shape index (κ1) is 17.4. The van der Waals surface area contributed by atoms with Crippen LogP contribution in [0.15, 0.2) is 18.2 Å². The van der Waals surface area contributed by atoms with Gasteiger partial charge >= 0.3 is 5.97 Å². The number of aliphatic carboxylic acids is 1. The van der Waals surface area contributed by atoms with Crippen LogP contribution in [-0.2, 0) is 22.2 Å². The van der Waals surface area contributed by atoms with Crippen molar-refractivity contribution in [2.75, 3.05) is 0 Å². The molecule has 0 radical (unpaired) electrons. The number of fused-ring (bicyclic) bond motifs is 3. The van der Waals surface area contributed by atoms with E-state index < -0.39 is 23.1 Å². The number of hydrogen-bond acceptors (Lipinski definition) is 3. The zero-order valence-corrected chi connectivity index (χ0v) is 15.0. The summed E-state index contributed by atoms with van der Waals surface area (Å²) in [5.74, 6) is -0.805. The van der Waals surface area contributed by atoms with Gasteiger partial charge in [0.1, 0.15) is 0 Å². The SMILES string of the molecule is CC(C)(O)c1ccc2c(c1)CC[C@H]1[C@](C)(C(=O)O)C[C@@H](O)C[C@]21C. The molecule has 0 saturated heterocycles. The van der Waals surface area contributed by atoms with Crippen molar-refractivity contribution < 1.29 is 20.1 Å². The molecule has 0 bridgehead atoms. The molecule has 0 spiro atoms. The lowest BCUT2D eigenvalue weighted by Gasteiger charge is -2.55. The fourth-order valence-electron chi connectivity index (χ4n) is 5.25. The van der Waals surface area contributed by atoms with Crippen molar-refractivity contribution >= 4 is 5.97 Å².